The molecule has 0 heterocycles. The van der Waals surface area contributed by atoms with Crippen LogP contribution in [0.1, 0.15) is 194 Å². The maximum Gasteiger partial charge on any atom is -0.0386 e. The lowest BCUT2D eigenvalue weighted by molar-refractivity contribution is 0.519. The summed E-state index contributed by atoms with van der Waals surface area (Å²) in [5.41, 5.74) is 0. The fourth-order valence-electron chi connectivity index (χ4n) is 4.76. The Bertz CT molecular complexity index is 254. The van der Waals surface area contributed by atoms with E-state index in [9.17, 15) is 0 Å². The Balaban J connectivity index is 2.98. The van der Waals surface area contributed by atoms with Gasteiger partial charge in [-0.3, -0.25) is 0 Å². The van der Waals surface area contributed by atoms with Gasteiger partial charge in [0.05, 0.1) is 0 Å². The van der Waals surface area contributed by atoms with Gasteiger partial charge in [0.25, 0.3) is 0 Å². The average molecular weight is 436 g/mol. The smallest absolute Gasteiger partial charge is 0.0386 e. The fourth-order valence-corrected chi connectivity index (χ4v) is 4.76. The predicted octanol–water partition coefficient (Wildman–Crippen LogP) is 12.2. The Morgan fingerprint density at radius 3 is 0.677 bits per heavy atom. The van der Waals surface area contributed by atoms with E-state index in [1.807, 2.05) is 0 Å². The van der Waals surface area contributed by atoms with Crippen molar-refractivity contribution in [3.05, 3.63) is 6.42 Å². The second-order valence-electron chi connectivity index (χ2n) is 10.4. The molecule has 0 bridgehead atoms. The summed E-state index contributed by atoms with van der Waals surface area (Å²) in [5, 5.41) is 0. The van der Waals surface area contributed by atoms with E-state index >= 15 is 0 Å². The zero-order valence-electron chi connectivity index (χ0n) is 22.4. The summed E-state index contributed by atoms with van der Waals surface area (Å²) in [5.74, 6) is 0. The van der Waals surface area contributed by atoms with Crippen LogP contribution in [0.15, 0.2) is 0 Å². The van der Waals surface area contributed by atoms with Crippen LogP contribution in [0.25, 0.3) is 0 Å². The molecular weight excluding hydrogens is 372 g/mol. The van der Waals surface area contributed by atoms with E-state index in [0.29, 0.717) is 0 Å². The van der Waals surface area contributed by atoms with Gasteiger partial charge < -0.3 is 0 Å². The topological polar surface area (TPSA) is 0 Å². The first-order valence-corrected chi connectivity index (χ1v) is 15.2. The van der Waals surface area contributed by atoms with Gasteiger partial charge in [0.15, 0.2) is 0 Å². The van der Waals surface area contributed by atoms with Gasteiger partial charge in [-0.1, -0.05) is 194 Å². The Morgan fingerprint density at radius 2 is 0.452 bits per heavy atom. The van der Waals surface area contributed by atoms with Crippen LogP contribution in [-0.2, 0) is 0 Å². The Kier molecular flexibility index (Phi) is 30.0. The molecule has 0 spiro atoms. The molecule has 0 rings (SSSR count). The van der Waals surface area contributed by atoms with Gasteiger partial charge >= 0.3 is 0 Å². The number of hydrogen-bond donors (Lipinski definition) is 0. The second-order valence-corrected chi connectivity index (χ2v) is 10.4. The largest absolute Gasteiger partial charge is 0.0654 e. The molecule has 0 aromatic heterocycles. The minimum Gasteiger partial charge on any atom is -0.0654 e. The van der Waals surface area contributed by atoms with Crippen LogP contribution in [0.2, 0.25) is 0 Å². The third kappa shape index (κ3) is 30.0. The van der Waals surface area contributed by atoms with E-state index in [4.69, 9.17) is 0 Å². The molecule has 0 atom stereocenters. The summed E-state index contributed by atoms with van der Waals surface area (Å²) >= 11 is 0. The lowest BCUT2D eigenvalue weighted by Gasteiger charge is -2.04. The highest BCUT2D eigenvalue weighted by atomic mass is 14.0. The van der Waals surface area contributed by atoms with Crippen molar-refractivity contribution in [1.29, 1.82) is 0 Å². The van der Waals surface area contributed by atoms with Gasteiger partial charge in [-0.2, -0.15) is 0 Å². The van der Waals surface area contributed by atoms with Gasteiger partial charge in [-0.15, -0.1) is 0 Å². The van der Waals surface area contributed by atoms with E-state index < -0.39 is 0 Å². The first-order chi connectivity index (χ1) is 15.4. The Morgan fingerprint density at radius 1 is 0.258 bits per heavy atom. The van der Waals surface area contributed by atoms with Crippen molar-refractivity contribution in [2.45, 2.75) is 194 Å². The molecule has 0 aromatic rings. The first-order valence-electron chi connectivity index (χ1n) is 15.2. The van der Waals surface area contributed by atoms with E-state index in [0.717, 1.165) is 0 Å². The van der Waals surface area contributed by atoms with Gasteiger partial charge in [0, 0.05) is 0 Å². The molecule has 0 aromatic carbocycles. The van der Waals surface area contributed by atoms with Crippen LogP contribution in [0.4, 0.5) is 0 Å². The summed E-state index contributed by atoms with van der Waals surface area (Å²) in [6, 6.07) is 0. The van der Waals surface area contributed by atoms with Crippen molar-refractivity contribution in [1.82, 2.24) is 0 Å². The molecule has 31 heavy (non-hydrogen) atoms. The van der Waals surface area contributed by atoms with E-state index in [1.54, 1.807) is 0 Å². The molecule has 0 nitrogen and oxygen atoms in total. The van der Waals surface area contributed by atoms with Gasteiger partial charge in [0.2, 0.25) is 0 Å². The third-order valence-corrected chi connectivity index (χ3v) is 7.02. The van der Waals surface area contributed by atoms with Crippen LogP contribution < -0.4 is 0 Å². The van der Waals surface area contributed by atoms with Crippen molar-refractivity contribution in [2.24, 2.45) is 0 Å². The minimum atomic E-state index is 1.36. The summed E-state index contributed by atoms with van der Waals surface area (Å²) < 4.78 is 0. The normalized spacial score (nSPS) is 11.4. The quantitative estimate of drug-likeness (QED) is 0.107. The van der Waals surface area contributed by atoms with Gasteiger partial charge in [0.1, 0.15) is 0 Å². The zero-order chi connectivity index (χ0) is 22.5. The molecule has 0 amide bonds. The average Bonchev–Trinajstić information content (AvgIpc) is 2.78. The Labute approximate surface area is 200 Å². The van der Waals surface area contributed by atoms with Crippen LogP contribution in [0.3, 0.4) is 0 Å². The predicted molar refractivity (Wildman–Crippen MR) is 145 cm³/mol. The first kappa shape index (κ1) is 31.0. The van der Waals surface area contributed by atoms with Crippen molar-refractivity contribution in [3.8, 4) is 0 Å². The molecule has 0 aliphatic rings. The second kappa shape index (κ2) is 30.0. The van der Waals surface area contributed by atoms with Crippen molar-refractivity contribution < 1.29 is 0 Å². The molecule has 0 aliphatic carbocycles. The van der Waals surface area contributed by atoms with Gasteiger partial charge in [-0.05, 0) is 6.42 Å². The Hall–Kier alpha value is 0. The molecule has 1 radical (unpaired) electrons. The number of rotatable bonds is 28. The monoisotopic (exact) mass is 435 g/mol. The van der Waals surface area contributed by atoms with Crippen LogP contribution >= 0.6 is 0 Å². The summed E-state index contributed by atoms with van der Waals surface area (Å²) in [7, 11) is 0. The summed E-state index contributed by atoms with van der Waals surface area (Å²) in [4.78, 5) is 0. The van der Waals surface area contributed by atoms with E-state index in [2.05, 4.69) is 20.3 Å². The van der Waals surface area contributed by atoms with E-state index in [1.165, 1.54) is 180 Å². The SMILES string of the molecule is CCCCCCC[CH]CCCCCCCCCCCCCCCCCCCCCCC. The van der Waals surface area contributed by atoms with Crippen LogP contribution in [0, 0.1) is 6.42 Å². The molecule has 0 saturated heterocycles. The molecular formula is C31H63. The third-order valence-electron chi connectivity index (χ3n) is 7.02. The highest BCUT2D eigenvalue weighted by molar-refractivity contribution is 4.64. The van der Waals surface area contributed by atoms with Crippen molar-refractivity contribution >= 4 is 0 Å². The minimum absolute atomic E-state index is 1.36. The molecule has 0 heteroatoms. The molecule has 0 fully saturated rings. The van der Waals surface area contributed by atoms with Crippen molar-refractivity contribution in [3.63, 3.8) is 0 Å². The van der Waals surface area contributed by atoms with Crippen LogP contribution in [0.5, 0.6) is 0 Å². The summed E-state index contributed by atoms with van der Waals surface area (Å²) in [6.45, 7) is 4.60. The molecule has 0 aliphatic heterocycles. The lowest BCUT2D eigenvalue weighted by atomic mass is 10.0. The fraction of sp³-hybridized carbons (Fsp3) is 0.968. The highest BCUT2D eigenvalue weighted by Crippen LogP contribution is 2.16. The number of unbranched alkanes of at least 4 members (excludes halogenated alkanes) is 28. The van der Waals surface area contributed by atoms with E-state index in [-0.39, 0.29) is 0 Å². The number of hydrogen-bond acceptors (Lipinski definition) is 0. The highest BCUT2D eigenvalue weighted by Gasteiger charge is 1.96. The molecule has 0 N–H and O–H groups in total. The van der Waals surface area contributed by atoms with Crippen LogP contribution in [-0.4, -0.2) is 0 Å². The maximum atomic E-state index is 2.56. The standard InChI is InChI=1S/C31H63/c1-3-5-7-9-11-13-15-17-19-21-23-25-27-29-31-30-28-26-24-22-20-18-16-14-12-10-8-6-4-2/h15H,3-14,16-31H2,1-2H3. The zero-order valence-corrected chi connectivity index (χ0v) is 22.4. The molecule has 0 unspecified atom stereocenters. The lowest BCUT2D eigenvalue weighted by Crippen LogP contribution is -1.85. The van der Waals surface area contributed by atoms with Crippen molar-refractivity contribution in [2.75, 3.05) is 0 Å². The molecule has 0 saturated carbocycles. The van der Waals surface area contributed by atoms with Gasteiger partial charge in [-0.25, -0.2) is 0 Å². The summed E-state index contributed by atoms with van der Waals surface area (Å²) in [6.07, 6.45) is 43.4. The molecule has 187 valence electrons. The maximum absolute atomic E-state index is 2.56.